The Labute approximate surface area is 108 Å². The molecule has 1 fully saturated rings. The van der Waals surface area contributed by atoms with E-state index >= 15 is 0 Å². The number of rotatable bonds is 3. The molecule has 0 saturated carbocycles. The third-order valence-corrected chi connectivity index (χ3v) is 3.09. The lowest BCUT2D eigenvalue weighted by molar-refractivity contribution is -0.137. The van der Waals surface area contributed by atoms with Gasteiger partial charge in [-0.1, -0.05) is 0 Å². The quantitative estimate of drug-likeness (QED) is 0.916. The highest BCUT2D eigenvalue weighted by atomic mass is 19.4. The number of aromatic nitrogens is 1. The van der Waals surface area contributed by atoms with Crippen LogP contribution in [0, 0.1) is 5.92 Å². The molecule has 1 aliphatic rings. The fourth-order valence-electron chi connectivity index (χ4n) is 2.11. The maximum atomic E-state index is 12.7. The molecule has 1 N–H and O–H groups in total. The van der Waals surface area contributed by atoms with Crippen molar-refractivity contribution in [3.63, 3.8) is 0 Å². The van der Waals surface area contributed by atoms with Gasteiger partial charge < -0.3 is 10.2 Å². The summed E-state index contributed by atoms with van der Waals surface area (Å²) in [6, 6.07) is 2.24. The van der Waals surface area contributed by atoms with Crippen molar-refractivity contribution in [2.24, 2.45) is 5.92 Å². The Kier molecular flexibility index (Phi) is 3.64. The molecule has 1 saturated heterocycles. The van der Waals surface area contributed by atoms with Crippen LogP contribution < -0.4 is 5.32 Å². The van der Waals surface area contributed by atoms with Crippen molar-refractivity contribution in [1.29, 1.82) is 0 Å². The molecule has 4 nitrogen and oxygen atoms in total. The van der Waals surface area contributed by atoms with Gasteiger partial charge in [0.1, 0.15) is 5.82 Å². The van der Waals surface area contributed by atoms with Crippen molar-refractivity contribution >= 4 is 11.7 Å². The Balaban J connectivity index is 2.03. The lowest BCUT2D eigenvalue weighted by Crippen LogP contribution is -2.22. The molecule has 1 aliphatic heterocycles. The molecule has 2 heterocycles. The highest BCUT2D eigenvalue weighted by Crippen LogP contribution is 2.33. The second kappa shape index (κ2) is 5.07. The zero-order chi connectivity index (χ0) is 14.0. The smallest absolute Gasteiger partial charge is 0.369 e. The Morgan fingerprint density at radius 2 is 2.26 bits per heavy atom. The van der Waals surface area contributed by atoms with Gasteiger partial charge in [-0.05, 0) is 12.1 Å². The van der Waals surface area contributed by atoms with Crippen LogP contribution in [0.5, 0.6) is 0 Å². The summed E-state index contributed by atoms with van der Waals surface area (Å²) in [5, 5.41) is 2.69. The lowest BCUT2D eigenvalue weighted by atomic mass is 10.1. The molecular weight excluding hydrogens is 259 g/mol. The minimum atomic E-state index is -4.43. The summed E-state index contributed by atoms with van der Waals surface area (Å²) in [6.07, 6.45) is -2.76. The largest absolute Gasteiger partial charge is 0.419 e. The summed E-state index contributed by atoms with van der Waals surface area (Å²) >= 11 is 0. The molecule has 1 aromatic heterocycles. The van der Waals surface area contributed by atoms with Gasteiger partial charge in [-0.2, -0.15) is 13.2 Å². The number of anilines is 1. The van der Waals surface area contributed by atoms with Gasteiger partial charge in [0.15, 0.2) is 0 Å². The first kappa shape index (κ1) is 13.6. The van der Waals surface area contributed by atoms with E-state index in [0.29, 0.717) is 19.5 Å². The minimum Gasteiger partial charge on any atom is -0.369 e. The molecule has 1 atom stereocenters. The number of nitrogens with one attached hydrogen (secondary N) is 1. The van der Waals surface area contributed by atoms with E-state index in [1.807, 2.05) is 0 Å². The molecular formula is C12H14F3N3O. The number of amides is 1. The second-order valence-electron chi connectivity index (χ2n) is 4.62. The van der Waals surface area contributed by atoms with Crippen LogP contribution in [0.4, 0.5) is 19.0 Å². The van der Waals surface area contributed by atoms with Crippen molar-refractivity contribution in [3.8, 4) is 0 Å². The summed E-state index contributed by atoms with van der Waals surface area (Å²) in [5.41, 5.74) is -0.785. The zero-order valence-electron chi connectivity index (χ0n) is 10.4. The molecule has 7 heteroatoms. The Hall–Kier alpha value is -1.79. The molecule has 0 aromatic carbocycles. The van der Waals surface area contributed by atoms with Crippen LogP contribution in [-0.2, 0) is 11.0 Å². The highest BCUT2D eigenvalue weighted by molar-refractivity contribution is 5.78. The van der Waals surface area contributed by atoms with Gasteiger partial charge in [0.25, 0.3) is 0 Å². The lowest BCUT2D eigenvalue weighted by Gasteiger charge is -2.15. The third-order valence-electron chi connectivity index (χ3n) is 3.09. The van der Waals surface area contributed by atoms with Crippen LogP contribution in [-0.4, -0.2) is 35.9 Å². The first-order chi connectivity index (χ1) is 8.88. The predicted molar refractivity (Wildman–Crippen MR) is 63.5 cm³/mol. The topological polar surface area (TPSA) is 45.2 Å². The fraction of sp³-hybridized carbons (Fsp3) is 0.500. The third kappa shape index (κ3) is 3.15. The van der Waals surface area contributed by atoms with Crippen LogP contribution in [0.25, 0.3) is 0 Å². The molecule has 1 unspecified atom stereocenters. The van der Waals surface area contributed by atoms with Gasteiger partial charge in [0.05, 0.1) is 5.56 Å². The van der Waals surface area contributed by atoms with Crippen LogP contribution in [0.1, 0.15) is 12.0 Å². The average Bonchev–Trinajstić information content (AvgIpc) is 2.65. The van der Waals surface area contributed by atoms with Crippen molar-refractivity contribution < 1.29 is 18.0 Å². The molecule has 0 spiro atoms. The van der Waals surface area contributed by atoms with E-state index in [9.17, 15) is 18.0 Å². The van der Waals surface area contributed by atoms with Crippen LogP contribution >= 0.6 is 0 Å². The van der Waals surface area contributed by atoms with Gasteiger partial charge in [-0.25, -0.2) is 4.98 Å². The summed E-state index contributed by atoms with van der Waals surface area (Å²) < 4.78 is 38.2. The average molecular weight is 273 g/mol. The summed E-state index contributed by atoms with van der Waals surface area (Å²) in [5.74, 6) is -0.151. The number of carbonyl (C=O) groups is 1. The standard InChI is InChI=1S/C12H14F3N3O/c1-18-7-8(5-10(18)19)6-17-11-9(12(13,14)15)3-2-4-16-11/h2-4,8H,5-7H2,1H3,(H,16,17). The Bertz CT molecular complexity index is 476. The number of nitrogens with zero attached hydrogens (tertiary/aromatic N) is 2. The van der Waals surface area contributed by atoms with E-state index in [0.717, 1.165) is 6.07 Å². The summed E-state index contributed by atoms with van der Waals surface area (Å²) in [6.45, 7) is 0.857. The van der Waals surface area contributed by atoms with E-state index in [1.165, 1.54) is 12.3 Å². The Morgan fingerprint density at radius 1 is 1.53 bits per heavy atom. The number of carbonyl (C=O) groups excluding carboxylic acids is 1. The number of hydrogen-bond donors (Lipinski definition) is 1. The summed E-state index contributed by atoms with van der Waals surface area (Å²) in [7, 11) is 1.68. The normalized spacial score (nSPS) is 19.9. The molecule has 19 heavy (non-hydrogen) atoms. The SMILES string of the molecule is CN1CC(CNc2ncccc2C(F)(F)F)CC1=O. The molecule has 1 amide bonds. The van der Waals surface area contributed by atoms with Gasteiger partial charge >= 0.3 is 6.18 Å². The number of likely N-dealkylation sites (tertiary alicyclic amines) is 1. The van der Waals surface area contributed by atoms with E-state index in [4.69, 9.17) is 0 Å². The van der Waals surface area contributed by atoms with Crippen LogP contribution in [0.2, 0.25) is 0 Å². The zero-order valence-corrected chi connectivity index (χ0v) is 10.4. The van der Waals surface area contributed by atoms with Crippen molar-refractivity contribution in [2.45, 2.75) is 12.6 Å². The number of hydrogen-bond acceptors (Lipinski definition) is 3. The monoisotopic (exact) mass is 273 g/mol. The van der Waals surface area contributed by atoms with E-state index in [2.05, 4.69) is 10.3 Å². The second-order valence-corrected chi connectivity index (χ2v) is 4.62. The molecule has 1 aromatic rings. The molecule has 104 valence electrons. The van der Waals surface area contributed by atoms with E-state index in [1.54, 1.807) is 11.9 Å². The van der Waals surface area contributed by atoms with Crippen molar-refractivity contribution in [1.82, 2.24) is 9.88 Å². The van der Waals surface area contributed by atoms with Gasteiger partial charge in [0, 0.05) is 38.7 Å². The first-order valence-electron chi connectivity index (χ1n) is 5.88. The maximum absolute atomic E-state index is 12.7. The number of pyridine rings is 1. The Morgan fingerprint density at radius 3 is 2.84 bits per heavy atom. The van der Waals surface area contributed by atoms with Crippen LogP contribution in [0.3, 0.4) is 0 Å². The van der Waals surface area contributed by atoms with Gasteiger partial charge in [-0.3, -0.25) is 4.79 Å². The molecule has 0 radical (unpaired) electrons. The number of alkyl halides is 3. The fourth-order valence-corrected chi connectivity index (χ4v) is 2.11. The maximum Gasteiger partial charge on any atom is 0.419 e. The van der Waals surface area contributed by atoms with E-state index in [-0.39, 0.29) is 17.6 Å². The number of halogens is 3. The predicted octanol–water partition coefficient (Wildman–Crippen LogP) is 1.99. The van der Waals surface area contributed by atoms with Crippen LogP contribution in [0.15, 0.2) is 18.3 Å². The molecule has 2 rings (SSSR count). The van der Waals surface area contributed by atoms with Crippen molar-refractivity contribution in [3.05, 3.63) is 23.9 Å². The van der Waals surface area contributed by atoms with Crippen molar-refractivity contribution in [2.75, 3.05) is 25.5 Å². The highest BCUT2D eigenvalue weighted by Gasteiger charge is 2.34. The minimum absolute atomic E-state index is 0.0144. The summed E-state index contributed by atoms with van der Waals surface area (Å²) in [4.78, 5) is 16.6. The molecule has 0 aliphatic carbocycles. The van der Waals surface area contributed by atoms with E-state index < -0.39 is 11.7 Å². The molecule has 0 bridgehead atoms. The first-order valence-corrected chi connectivity index (χ1v) is 5.88. The van der Waals surface area contributed by atoms with Gasteiger partial charge in [-0.15, -0.1) is 0 Å². The van der Waals surface area contributed by atoms with Gasteiger partial charge in [0.2, 0.25) is 5.91 Å².